The maximum atomic E-state index is 13.1. The van der Waals surface area contributed by atoms with Gasteiger partial charge in [0.25, 0.3) is 17.7 Å². The number of amides is 5. The van der Waals surface area contributed by atoms with Crippen LogP contribution in [-0.4, -0.2) is 174 Å². The third-order valence-corrected chi connectivity index (χ3v) is 21.1. The molecule has 6 aliphatic heterocycles. The number of carboxylic acids is 4. The van der Waals surface area contributed by atoms with Crippen molar-refractivity contribution in [2.75, 3.05) is 28.8 Å². The van der Waals surface area contributed by atoms with Crippen molar-refractivity contribution < 1.29 is 73.5 Å². The fraction of sp³-hybridized carbons (Fsp3) is 0.295. The number of rotatable bonds is 22. The van der Waals surface area contributed by atoms with Gasteiger partial charge in [-0.1, -0.05) is 90.1 Å². The van der Waals surface area contributed by atoms with E-state index in [1.165, 1.54) is 86.1 Å². The van der Waals surface area contributed by atoms with Gasteiger partial charge in [0, 0.05) is 48.8 Å². The van der Waals surface area contributed by atoms with E-state index in [0.717, 1.165) is 31.4 Å². The second kappa shape index (κ2) is 29.2. The summed E-state index contributed by atoms with van der Waals surface area (Å²) in [6.07, 6.45) is -0.0318. The fourth-order valence-electron chi connectivity index (χ4n) is 10.1. The average molecular weight is 1320 g/mol. The predicted molar refractivity (Wildman–Crippen MR) is 338 cm³/mol. The number of aliphatic hydroxyl groups excluding tert-OH is 1. The zero-order chi connectivity index (χ0) is 63.7. The number of hydrogen-bond donors (Lipinski definition) is 7. The van der Waals surface area contributed by atoms with Gasteiger partial charge in [0.2, 0.25) is 17.4 Å². The van der Waals surface area contributed by atoms with E-state index < -0.39 is 70.8 Å². The molecule has 28 heteroatoms. The summed E-state index contributed by atoms with van der Waals surface area (Å²) in [5, 5.41) is 57.6. The van der Waals surface area contributed by atoms with Crippen molar-refractivity contribution in [3.05, 3.63) is 177 Å². The van der Waals surface area contributed by atoms with Crippen molar-refractivity contribution in [3.63, 3.8) is 0 Å². The summed E-state index contributed by atoms with van der Waals surface area (Å²) in [5.41, 5.74) is 2.68. The van der Waals surface area contributed by atoms with Crippen molar-refractivity contribution in [2.45, 2.75) is 88.9 Å². The first-order chi connectivity index (χ1) is 42.6. The van der Waals surface area contributed by atoms with E-state index in [4.69, 9.17) is 4.84 Å². The van der Waals surface area contributed by atoms with E-state index in [0.29, 0.717) is 40.8 Å². The number of oxime groups is 1. The molecule has 3 saturated heterocycles. The Hall–Kier alpha value is -7.86. The summed E-state index contributed by atoms with van der Waals surface area (Å²) >= 11 is 8.63. The van der Waals surface area contributed by atoms with Crippen molar-refractivity contribution >= 4 is 129 Å². The number of thiazole rings is 1. The van der Waals surface area contributed by atoms with E-state index in [1.807, 2.05) is 121 Å². The molecule has 7 atom stereocenters. The lowest BCUT2D eigenvalue weighted by molar-refractivity contribution is -0.161. The van der Waals surface area contributed by atoms with Crippen LogP contribution in [0.15, 0.2) is 186 Å². The zero-order valence-electron chi connectivity index (χ0n) is 47.7. The summed E-state index contributed by atoms with van der Waals surface area (Å²) in [7, 11) is 0. The molecule has 1 aromatic heterocycles. The lowest BCUT2D eigenvalue weighted by atomic mass is 9.83. The van der Waals surface area contributed by atoms with Crippen LogP contribution >= 0.6 is 70.1 Å². The number of aliphatic hydroxyl groups is 1. The van der Waals surface area contributed by atoms with Crippen molar-refractivity contribution in [1.82, 2.24) is 30.3 Å². The SMILES string of the molecule is CC(C)(O/N=C(\C(=O)N[C@@H]1C(=O)N2C(C(=O)O)=C(CSc3ccccc3)CSC12)c1cscn1)C(=O)O.C[C@@H](O)[C@H]1C(=O)N2C(C(=O)O)=C(CSc3ccccc3)C[C@H]12.O=C(Cc1ccccc1)N[C@@H]1C(=O)N2C(C(=O)O)=C(CSc3ccccc3)CSC12. The van der Waals surface area contributed by atoms with Gasteiger partial charge in [-0.05, 0) is 85.9 Å². The molecule has 89 heavy (non-hydrogen) atoms. The standard InChI is InChI=1S/C23H22N4O7S3.C22H20N2O4S2.C16H17NO4S/c1-23(2,22(32)33)34-26-15(14-10-35-11-24-14)18(28)25-16-19(29)27-17(21(30)31)12(9-37-20(16)27)8-36-13-6-4-3-5-7-13;25-17(11-14-7-3-1-4-8-14)23-18-20(26)24-19(22(27)28)15(13-30-21(18)24)12-29-16-9-5-2-6-10-16;1-9(18)13-12-7-10(8-22-11-5-3-2-4-6-11)14(16(20)21)17(12)15(13)19/h3-7,10-11,16,20H,8-9H2,1-2H3,(H,25,28)(H,30,31)(H,32,33);1-10,18,21H,11-13H2,(H,23,25)(H,27,28);2-6,9,12-13,18H,7-8H2,1H3,(H,20,21)/b26-15-;;/t16-,20?;18-,21?;9-,12-,13-/m111/s1. The monoisotopic (exact) mass is 1320 g/mol. The highest BCUT2D eigenvalue weighted by Crippen LogP contribution is 2.46. The number of hydrogen-bond acceptors (Lipinski definition) is 19. The molecule has 5 amide bonds. The minimum Gasteiger partial charge on any atom is -0.478 e. The van der Waals surface area contributed by atoms with Crippen LogP contribution in [0.1, 0.15) is 38.4 Å². The number of carbonyl (C=O) groups is 9. The van der Waals surface area contributed by atoms with Gasteiger partial charge in [0.1, 0.15) is 45.6 Å². The highest BCUT2D eigenvalue weighted by atomic mass is 32.2. The first-order valence-corrected chi connectivity index (χ1v) is 33.5. The Labute approximate surface area is 535 Å². The Morgan fingerprint density at radius 2 is 1.08 bits per heavy atom. The Bertz CT molecular complexity index is 3650. The Morgan fingerprint density at radius 3 is 1.51 bits per heavy atom. The zero-order valence-corrected chi connectivity index (χ0v) is 52.6. The molecular weight excluding hydrogens is 1260 g/mol. The van der Waals surface area contributed by atoms with Crippen LogP contribution < -0.4 is 10.6 Å². The largest absolute Gasteiger partial charge is 0.478 e. The Morgan fingerprint density at radius 1 is 0.640 bits per heavy atom. The summed E-state index contributed by atoms with van der Waals surface area (Å²) in [6.45, 7) is 4.13. The number of fused-ring (bicyclic) bond motifs is 3. The third kappa shape index (κ3) is 15.1. The van der Waals surface area contributed by atoms with Gasteiger partial charge < -0.3 is 45.9 Å². The number of carboxylic acid groups (broad SMARTS) is 4. The minimum absolute atomic E-state index is 0.0562. The maximum Gasteiger partial charge on any atom is 0.352 e. The quantitative estimate of drug-likeness (QED) is 0.0163. The van der Waals surface area contributed by atoms with Gasteiger partial charge in [0.15, 0.2) is 5.71 Å². The number of benzene rings is 4. The van der Waals surface area contributed by atoms with Crippen LogP contribution in [0.3, 0.4) is 0 Å². The number of β-lactam (4-membered cyclic amide) rings is 3. The molecule has 0 aliphatic carbocycles. The van der Waals surface area contributed by atoms with Crippen LogP contribution in [0.2, 0.25) is 0 Å². The first-order valence-electron chi connectivity index (χ1n) is 27.5. The Kier molecular flexibility index (Phi) is 21.5. The smallest absolute Gasteiger partial charge is 0.352 e. The number of nitrogens with zero attached hydrogens (tertiary/aromatic N) is 5. The normalized spacial score (nSPS) is 21.2. The second-order valence-corrected chi connectivity index (χ2v) is 27.1. The number of aliphatic carboxylic acids is 4. The molecule has 0 saturated carbocycles. The second-order valence-electron chi connectivity index (χ2n) is 21.0. The fourth-order valence-corrected chi connectivity index (χ4v) is 16.4. The highest BCUT2D eigenvalue weighted by molar-refractivity contribution is 8.01. The predicted octanol–water partition coefficient (Wildman–Crippen LogP) is 6.75. The summed E-state index contributed by atoms with van der Waals surface area (Å²) < 4.78 is 0. The molecule has 11 rings (SSSR count). The van der Waals surface area contributed by atoms with Gasteiger partial charge in [-0.3, -0.25) is 33.8 Å². The van der Waals surface area contributed by atoms with Crippen LogP contribution in [0, 0.1) is 5.92 Å². The molecule has 0 radical (unpaired) electrons. The molecule has 7 N–H and O–H groups in total. The summed E-state index contributed by atoms with van der Waals surface area (Å²) in [6, 6.07) is 36.4. The van der Waals surface area contributed by atoms with Gasteiger partial charge in [0.05, 0.1) is 30.0 Å². The molecular formula is C61H59N7O15S6. The first kappa shape index (κ1) is 65.6. The lowest BCUT2D eigenvalue weighted by Crippen LogP contribution is -2.71. The molecule has 6 aliphatic rings. The topological polar surface area (TPSA) is 323 Å². The molecule has 3 fully saturated rings. The number of aromatic nitrogens is 1. The molecule has 0 spiro atoms. The van der Waals surface area contributed by atoms with Crippen LogP contribution in [-0.2, 0) is 54.4 Å². The molecule has 2 unspecified atom stereocenters. The lowest BCUT2D eigenvalue weighted by Gasteiger charge is -2.49. The average Bonchev–Trinajstić information content (AvgIpc) is 1.93. The van der Waals surface area contributed by atoms with E-state index in [1.54, 1.807) is 30.4 Å². The van der Waals surface area contributed by atoms with Crippen LogP contribution in [0.25, 0.3) is 0 Å². The number of nitrogens with one attached hydrogen (secondary N) is 2. The molecule has 0 bridgehead atoms. The minimum atomic E-state index is -1.71. The van der Waals surface area contributed by atoms with Gasteiger partial charge in [-0.25, -0.2) is 24.2 Å². The number of carbonyl (C=O) groups excluding carboxylic acids is 5. The molecule has 22 nitrogen and oxygen atoms in total. The van der Waals surface area contributed by atoms with Crippen molar-refractivity contribution in [2.24, 2.45) is 11.1 Å². The summed E-state index contributed by atoms with van der Waals surface area (Å²) in [4.78, 5) is 126. The van der Waals surface area contributed by atoms with Crippen LogP contribution in [0.4, 0.5) is 0 Å². The van der Waals surface area contributed by atoms with Gasteiger partial charge >= 0.3 is 23.9 Å². The molecule has 7 heterocycles. The van der Waals surface area contributed by atoms with Crippen molar-refractivity contribution in [3.8, 4) is 0 Å². The molecule has 4 aromatic carbocycles. The third-order valence-electron chi connectivity index (χ3n) is 14.6. The molecule has 464 valence electrons. The van der Waals surface area contributed by atoms with E-state index >= 15 is 0 Å². The Balaban J connectivity index is 0.000000164. The van der Waals surface area contributed by atoms with Gasteiger partial charge in [-0.2, -0.15) is 0 Å². The van der Waals surface area contributed by atoms with E-state index in [2.05, 4.69) is 20.8 Å². The maximum absolute atomic E-state index is 13.1. The van der Waals surface area contributed by atoms with Gasteiger partial charge in [-0.15, -0.1) is 70.1 Å². The number of thioether (sulfide) groups is 5. The van der Waals surface area contributed by atoms with Crippen LogP contribution in [0.5, 0.6) is 0 Å². The summed E-state index contributed by atoms with van der Waals surface area (Å²) in [5.74, 6) is -5.05. The highest BCUT2D eigenvalue weighted by Gasteiger charge is 2.58. The molecule has 5 aromatic rings. The van der Waals surface area contributed by atoms with E-state index in [9.17, 15) is 68.7 Å². The van der Waals surface area contributed by atoms with E-state index in [-0.39, 0.29) is 64.1 Å². The van der Waals surface area contributed by atoms with Crippen molar-refractivity contribution in [1.29, 1.82) is 0 Å².